The Morgan fingerprint density at radius 3 is 2.14 bits per heavy atom. The van der Waals surface area contributed by atoms with Gasteiger partial charge in [-0.3, -0.25) is 4.79 Å². The maximum atomic E-state index is 12.0. The molecule has 116 valence electrons. The molecule has 0 aliphatic heterocycles. The standard InChI is InChI=1S/C16H24N2O3/c1-11(13-9-7-6-8-10-13)17-14(19)12(2)18-15(20)21-16(3,4)5/h6-12H,1-5H3,(H,17,19)(H,18,20)/t11-,12-/m0/s1. The number of nitrogens with one attached hydrogen (secondary N) is 2. The van der Waals surface area contributed by atoms with Crippen LogP contribution in [0.1, 0.15) is 46.2 Å². The summed E-state index contributed by atoms with van der Waals surface area (Å²) in [7, 11) is 0. The van der Waals surface area contributed by atoms with Gasteiger partial charge in [-0.1, -0.05) is 30.3 Å². The first kappa shape index (κ1) is 17.0. The van der Waals surface area contributed by atoms with Gasteiger partial charge in [-0.25, -0.2) is 4.79 Å². The Bertz CT molecular complexity index is 480. The second-order valence-corrected chi connectivity index (χ2v) is 6.01. The Balaban J connectivity index is 2.50. The highest BCUT2D eigenvalue weighted by Crippen LogP contribution is 2.11. The molecule has 5 heteroatoms. The molecule has 0 heterocycles. The largest absolute Gasteiger partial charge is 0.444 e. The van der Waals surface area contributed by atoms with E-state index in [2.05, 4.69) is 10.6 Å². The summed E-state index contributed by atoms with van der Waals surface area (Å²) in [6.07, 6.45) is -0.600. The van der Waals surface area contributed by atoms with Crippen LogP contribution in [0.15, 0.2) is 30.3 Å². The summed E-state index contributed by atoms with van der Waals surface area (Å²) in [5.74, 6) is -0.253. The van der Waals surface area contributed by atoms with Crippen LogP contribution in [0.4, 0.5) is 4.79 Å². The van der Waals surface area contributed by atoms with Crippen LogP contribution in [0.5, 0.6) is 0 Å². The number of carbonyl (C=O) groups is 2. The molecule has 0 aliphatic rings. The third-order valence-corrected chi connectivity index (χ3v) is 2.78. The molecule has 0 radical (unpaired) electrons. The summed E-state index contributed by atoms with van der Waals surface area (Å²) >= 11 is 0. The van der Waals surface area contributed by atoms with E-state index in [4.69, 9.17) is 4.74 Å². The molecule has 0 unspecified atom stereocenters. The quantitative estimate of drug-likeness (QED) is 0.896. The van der Waals surface area contributed by atoms with Gasteiger partial charge >= 0.3 is 6.09 Å². The first-order valence-electron chi connectivity index (χ1n) is 7.04. The summed E-state index contributed by atoms with van der Waals surface area (Å²) in [5, 5.41) is 5.37. The van der Waals surface area contributed by atoms with Crippen molar-refractivity contribution in [2.24, 2.45) is 0 Å². The van der Waals surface area contributed by atoms with Crippen LogP contribution in [0, 0.1) is 0 Å². The minimum absolute atomic E-state index is 0.124. The van der Waals surface area contributed by atoms with Crippen molar-refractivity contribution < 1.29 is 14.3 Å². The number of ether oxygens (including phenoxy) is 1. The molecule has 2 N–H and O–H groups in total. The molecule has 0 fully saturated rings. The third kappa shape index (κ3) is 6.29. The van der Waals surface area contributed by atoms with Gasteiger partial charge in [0.1, 0.15) is 11.6 Å². The van der Waals surface area contributed by atoms with E-state index in [1.54, 1.807) is 27.7 Å². The average molecular weight is 292 g/mol. The molecule has 2 amide bonds. The van der Waals surface area contributed by atoms with Crippen molar-refractivity contribution in [1.29, 1.82) is 0 Å². The molecular formula is C16H24N2O3. The fraction of sp³-hybridized carbons (Fsp3) is 0.500. The lowest BCUT2D eigenvalue weighted by atomic mass is 10.1. The van der Waals surface area contributed by atoms with Crippen LogP contribution >= 0.6 is 0 Å². The number of hydrogen-bond acceptors (Lipinski definition) is 3. The van der Waals surface area contributed by atoms with Crippen LogP contribution in [0.3, 0.4) is 0 Å². The van der Waals surface area contributed by atoms with Crippen molar-refractivity contribution in [1.82, 2.24) is 10.6 Å². The molecule has 2 atom stereocenters. The fourth-order valence-corrected chi connectivity index (χ4v) is 1.71. The van der Waals surface area contributed by atoms with Gasteiger partial charge in [0.05, 0.1) is 6.04 Å². The van der Waals surface area contributed by atoms with E-state index in [-0.39, 0.29) is 11.9 Å². The zero-order valence-corrected chi connectivity index (χ0v) is 13.3. The predicted molar refractivity (Wildman–Crippen MR) is 81.8 cm³/mol. The Morgan fingerprint density at radius 1 is 1.05 bits per heavy atom. The molecule has 0 saturated carbocycles. The number of benzene rings is 1. The summed E-state index contributed by atoms with van der Waals surface area (Å²) in [6.45, 7) is 8.84. The minimum atomic E-state index is -0.661. The monoisotopic (exact) mass is 292 g/mol. The average Bonchev–Trinajstić information content (AvgIpc) is 2.37. The van der Waals surface area contributed by atoms with Crippen molar-refractivity contribution in [2.45, 2.75) is 52.3 Å². The van der Waals surface area contributed by atoms with Gasteiger partial charge in [-0.15, -0.1) is 0 Å². The molecule has 0 saturated heterocycles. The maximum absolute atomic E-state index is 12.0. The molecule has 1 aromatic rings. The number of carbonyl (C=O) groups excluding carboxylic acids is 2. The summed E-state index contributed by atoms with van der Waals surface area (Å²) in [5.41, 5.74) is 0.424. The lowest BCUT2D eigenvalue weighted by molar-refractivity contribution is -0.123. The second-order valence-electron chi connectivity index (χ2n) is 6.01. The van der Waals surface area contributed by atoms with Crippen molar-refractivity contribution >= 4 is 12.0 Å². The molecule has 1 rings (SSSR count). The van der Waals surface area contributed by atoms with Gasteiger partial charge in [0, 0.05) is 0 Å². The molecule has 0 aliphatic carbocycles. The van der Waals surface area contributed by atoms with Crippen LogP contribution < -0.4 is 10.6 Å². The topological polar surface area (TPSA) is 67.4 Å². The molecular weight excluding hydrogens is 268 g/mol. The molecule has 0 spiro atoms. The Morgan fingerprint density at radius 2 is 1.62 bits per heavy atom. The maximum Gasteiger partial charge on any atom is 0.408 e. The molecule has 21 heavy (non-hydrogen) atoms. The highest BCUT2D eigenvalue weighted by atomic mass is 16.6. The lowest BCUT2D eigenvalue weighted by Crippen LogP contribution is -2.47. The van der Waals surface area contributed by atoms with Crippen LogP contribution in [0.2, 0.25) is 0 Å². The third-order valence-electron chi connectivity index (χ3n) is 2.78. The predicted octanol–water partition coefficient (Wildman–Crippen LogP) is 2.78. The normalized spacial score (nSPS) is 14.0. The van der Waals surface area contributed by atoms with E-state index in [9.17, 15) is 9.59 Å². The molecule has 1 aromatic carbocycles. The fourth-order valence-electron chi connectivity index (χ4n) is 1.71. The number of rotatable bonds is 4. The molecule has 0 bridgehead atoms. The van der Waals surface area contributed by atoms with Gasteiger partial charge in [-0.2, -0.15) is 0 Å². The van der Waals surface area contributed by atoms with Crippen LogP contribution in [0.25, 0.3) is 0 Å². The first-order chi connectivity index (χ1) is 9.69. The van der Waals surface area contributed by atoms with E-state index in [0.29, 0.717) is 0 Å². The zero-order chi connectivity index (χ0) is 16.0. The van der Waals surface area contributed by atoms with E-state index in [0.717, 1.165) is 5.56 Å². The van der Waals surface area contributed by atoms with Crippen molar-refractivity contribution in [3.63, 3.8) is 0 Å². The highest BCUT2D eigenvalue weighted by Gasteiger charge is 2.21. The number of hydrogen-bond donors (Lipinski definition) is 2. The Labute approximate surface area is 126 Å². The Hall–Kier alpha value is -2.04. The summed E-state index contributed by atoms with van der Waals surface area (Å²) in [4.78, 5) is 23.7. The van der Waals surface area contributed by atoms with Gasteiger partial charge < -0.3 is 15.4 Å². The van der Waals surface area contributed by atoms with Crippen LogP contribution in [-0.4, -0.2) is 23.6 Å². The van der Waals surface area contributed by atoms with Crippen molar-refractivity contribution in [3.8, 4) is 0 Å². The minimum Gasteiger partial charge on any atom is -0.444 e. The van der Waals surface area contributed by atoms with Gasteiger partial charge in [0.25, 0.3) is 0 Å². The van der Waals surface area contributed by atoms with E-state index >= 15 is 0 Å². The smallest absolute Gasteiger partial charge is 0.408 e. The van der Waals surface area contributed by atoms with E-state index < -0.39 is 17.7 Å². The van der Waals surface area contributed by atoms with Crippen molar-refractivity contribution in [2.75, 3.05) is 0 Å². The first-order valence-corrected chi connectivity index (χ1v) is 7.04. The highest BCUT2D eigenvalue weighted by molar-refractivity contribution is 5.85. The van der Waals surface area contributed by atoms with Gasteiger partial charge in [-0.05, 0) is 40.2 Å². The van der Waals surface area contributed by atoms with Crippen LogP contribution in [-0.2, 0) is 9.53 Å². The molecule has 5 nitrogen and oxygen atoms in total. The van der Waals surface area contributed by atoms with Gasteiger partial charge in [0.15, 0.2) is 0 Å². The number of amides is 2. The molecule has 0 aromatic heterocycles. The Kier molecular flexibility index (Phi) is 5.76. The van der Waals surface area contributed by atoms with E-state index in [1.807, 2.05) is 37.3 Å². The lowest BCUT2D eigenvalue weighted by Gasteiger charge is -2.22. The number of alkyl carbamates (subject to hydrolysis) is 1. The summed E-state index contributed by atoms with van der Waals surface area (Å²) < 4.78 is 5.12. The summed E-state index contributed by atoms with van der Waals surface area (Å²) in [6, 6.07) is 8.85. The second kappa shape index (κ2) is 7.11. The van der Waals surface area contributed by atoms with E-state index in [1.165, 1.54) is 0 Å². The zero-order valence-electron chi connectivity index (χ0n) is 13.3. The van der Waals surface area contributed by atoms with Crippen molar-refractivity contribution in [3.05, 3.63) is 35.9 Å². The van der Waals surface area contributed by atoms with Gasteiger partial charge in [0.2, 0.25) is 5.91 Å². The SMILES string of the molecule is C[C@H](NC(=O)OC(C)(C)C)C(=O)N[C@@H](C)c1ccccc1.